The third-order valence-corrected chi connectivity index (χ3v) is 3.30. The van der Waals surface area contributed by atoms with Gasteiger partial charge in [-0.1, -0.05) is 6.58 Å². The second-order valence-corrected chi connectivity index (χ2v) is 4.41. The van der Waals surface area contributed by atoms with Gasteiger partial charge in [0.25, 0.3) is 0 Å². The van der Waals surface area contributed by atoms with E-state index in [4.69, 9.17) is 0 Å². The number of hydrogen-bond donors (Lipinski definition) is 1. The molecule has 1 nitrogen and oxygen atoms in total. The monoisotopic (exact) mass is 151 g/mol. The first-order valence-corrected chi connectivity index (χ1v) is 4.62. The summed E-state index contributed by atoms with van der Waals surface area (Å²) >= 11 is 0. The van der Waals surface area contributed by atoms with Gasteiger partial charge < -0.3 is 5.32 Å². The third kappa shape index (κ3) is 1.29. The second-order valence-electron chi connectivity index (χ2n) is 4.41. The lowest BCUT2D eigenvalue weighted by molar-refractivity contribution is 0.270. The first-order valence-electron chi connectivity index (χ1n) is 4.62. The first kappa shape index (κ1) is 7.20. The van der Waals surface area contributed by atoms with Crippen molar-refractivity contribution in [3.05, 3.63) is 12.8 Å². The summed E-state index contributed by atoms with van der Waals surface area (Å²) in [7, 11) is 0. The third-order valence-electron chi connectivity index (χ3n) is 3.30. The van der Waals surface area contributed by atoms with E-state index in [0.29, 0.717) is 5.54 Å². The zero-order valence-electron chi connectivity index (χ0n) is 7.27. The van der Waals surface area contributed by atoms with Crippen LogP contribution < -0.4 is 5.32 Å². The Kier molecular flexibility index (Phi) is 1.48. The predicted octanol–water partition coefficient (Wildman–Crippen LogP) is 2.30. The fraction of sp³-hybridized carbons (Fsp3) is 0.800. The molecule has 0 radical (unpaired) electrons. The number of nitrogens with one attached hydrogen (secondary N) is 1. The van der Waals surface area contributed by atoms with Crippen LogP contribution in [0.1, 0.15) is 32.6 Å². The Labute approximate surface area is 68.9 Å². The summed E-state index contributed by atoms with van der Waals surface area (Å²) in [5, 5.41) is 3.38. The van der Waals surface area contributed by atoms with Crippen LogP contribution in [0.2, 0.25) is 0 Å². The van der Waals surface area contributed by atoms with Crippen LogP contribution in [0.5, 0.6) is 0 Å². The van der Waals surface area contributed by atoms with Gasteiger partial charge in [-0.15, -0.1) is 0 Å². The van der Waals surface area contributed by atoms with E-state index in [1.807, 2.05) is 6.20 Å². The summed E-state index contributed by atoms with van der Waals surface area (Å²) in [5.41, 5.74) is 0.374. The Hall–Kier alpha value is -0.460. The van der Waals surface area contributed by atoms with Gasteiger partial charge >= 0.3 is 0 Å². The van der Waals surface area contributed by atoms with Crippen LogP contribution in [0.15, 0.2) is 12.8 Å². The van der Waals surface area contributed by atoms with Crippen molar-refractivity contribution in [1.29, 1.82) is 0 Å². The molecular weight excluding hydrogens is 134 g/mol. The summed E-state index contributed by atoms with van der Waals surface area (Å²) in [6.45, 7) is 6.05. The van der Waals surface area contributed by atoms with Crippen molar-refractivity contribution in [3.63, 3.8) is 0 Å². The first-order chi connectivity index (χ1) is 5.23. The largest absolute Gasteiger partial charge is 0.386 e. The summed E-state index contributed by atoms with van der Waals surface area (Å²) in [4.78, 5) is 0. The zero-order valence-corrected chi connectivity index (χ0v) is 7.27. The van der Waals surface area contributed by atoms with Crippen LogP contribution in [0.3, 0.4) is 0 Å². The van der Waals surface area contributed by atoms with E-state index in [0.717, 1.165) is 11.8 Å². The Morgan fingerprint density at radius 2 is 2.36 bits per heavy atom. The number of hydrogen-bond acceptors (Lipinski definition) is 1. The van der Waals surface area contributed by atoms with Crippen LogP contribution in [0, 0.1) is 11.8 Å². The molecule has 0 aromatic carbocycles. The van der Waals surface area contributed by atoms with Gasteiger partial charge in [0, 0.05) is 5.54 Å². The quantitative estimate of drug-likeness (QED) is 0.638. The van der Waals surface area contributed by atoms with Gasteiger partial charge in [0.2, 0.25) is 0 Å². The van der Waals surface area contributed by atoms with Crippen molar-refractivity contribution in [2.45, 2.75) is 38.1 Å². The molecule has 2 unspecified atom stereocenters. The predicted molar refractivity (Wildman–Crippen MR) is 47.2 cm³/mol. The van der Waals surface area contributed by atoms with Crippen molar-refractivity contribution in [2.75, 3.05) is 0 Å². The standard InChI is InChI=1S/C10H17N/c1-3-11-10(2)5-4-8-6-9(8)7-10/h3,8-9,11H,1,4-7H2,2H3/t8?,9?,10-/m1/s1. The summed E-state index contributed by atoms with van der Waals surface area (Å²) in [6, 6.07) is 0. The molecule has 3 atom stereocenters. The number of rotatable bonds is 2. The van der Waals surface area contributed by atoms with Crippen molar-refractivity contribution in [3.8, 4) is 0 Å². The van der Waals surface area contributed by atoms with E-state index < -0.39 is 0 Å². The van der Waals surface area contributed by atoms with Crippen LogP contribution in [-0.2, 0) is 0 Å². The lowest BCUT2D eigenvalue weighted by atomic mass is 9.83. The summed E-state index contributed by atoms with van der Waals surface area (Å²) < 4.78 is 0. The Balaban J connectivity index is 1.96. The van der Waals surface area contributed by atoms with Crippen LogP contribution in [-0.4, -0.2) is 5.54 Å². The lowest BCUT2D eigenvalue weighted by Gasteiger charge is -2.33. The average Bonchev–Trinajstić information content (AvgIpc) is 2.65. The normalized spacial score (nSPS) is 47.7. The molecule has 2 aliphatic carbocycles. The van der Waals surface area contributed by atoms with Gasteiger partial charge in [-0.05, 0) is 50.6 Å². The van der Waals surface area contributed by atoms with Gasteiger partial charge in [0.05, 0.1) is 0 Å². The van der Waals surface area contributed by atoms with Gasteiger partial charge in [0.1, 0.15) is 0 Å². The Morgan fingerprint density at radius 3 is 3.00 bits per heavy atom. The van der Waals surface area contributed by atoms with Crippen molar-refractivity contribution >= 4 is 0 Å². The highest BCUT2D eigenvalue weighted by Gasteiger charge is 2.46. The molecule has 0 heterocycles. The highest BCUT2D eigenvalue weighted by Crippen LogP contribution is 2.52. The highest BCUT2D eigenvalue weighted by atomic mass is 14.9. The minimum atomic E-state index is 0.374. The van der Waals surface area contributed by atoms with E-state index in [1.54, 1.807) is 0 Å². The fourth-order valence-electron chi connectivity index (χ4n) is 2.48. The Morgan fingerprint density at radius 1 is 1.55 bits per heavy atom. The molecule has 1 N–H and O–H groups in total. The van der Waals surface area contributed by atoms with Crippen molar-refractivity contribution in [1.82, 2.24) is 5.32 Å². The lowest BCUT2D eigenvalue weighted by Crippen LogP contribution is -2.41. The minimum absolute atomic E-state index is 0.374. The SMILES string of the molecule is C=CN[C@]1(C)CCC2CC2C1. The number of fused-ring (bicyclic) bond motifs is 1. The van der Waals surface area contributed by atoms with Crippen molar-refractivity contribution < 1.29 is 0 Å². The molecule has 0 aromatic heterocycles. The zero-order chi connectivity index (χ0) is 7.90. The molecule has 0 saturated heterocycles. The van der Waals surface area contributed by atoms with Gasteiger partial charge in [-0.3, -0.25) is 0 Å². The van der Waals surface area contributed by atoms with E-state index in [2.05, 4.69) is 18.8 Å². The molecule has 2 rings (SSSR count). The molecule has 0 amide bonds. The van der Waals surface area contributed by atoms with E-state index in [-0.39, 0.29) is 0 Å². The molecule has 0 aromatic rings. The molecule has 1 heteroatoms. The molecular formula is C10H17N. The highest BCUT2D eigenvalue weighted by molar-refractivity contribution is 5.02. The molecule has 2 fully saturated rings. The average molecular weight is 151 g/mol. The Bertz CT molecular complexity index is 176. The van der Waals surface area contributed by atoms with Crippen LogP contribution in [0.4, 0.5) is 0 Å². The smallest absolute Gasteiger partial charge is 0.0342 e. The van der Waals surface area contributed by atoms with E-state index in [9.17, 15) is 0 Å². The maximum atomic E-state index is 3.73. The van der Waals surface area contributed by atoms with Gasteiger partial charge in [-0.25, -0.2) is 0 Å². The molecule has 2 saturated carbocycles. The molecule has 2 aliphatic rings. The maximum Gasteiger partial charge on any atom is 0.0342 e. The topological polar surface area (TPSA) is 12.0 Å². The van der Waals surface area contributed by atoms with E-state index in [1.165, 1.54) is 25.7 Å². The maximum absolute atomic E-state index is 3.73. The molecule has 62 valence electrons. The van der Waals surface area contributed by atoms with Crippen LogP contribution >= 0.6 is 0 Å². The molecule has 0 aliphatic heterocycles. The second kappa shape index (κ2) is 2.26. The van der Waals surface area contributed by atoms with Crippen molar-refractivity contribution in [2.24, 2.45) is 11.8 Å². The van der Waals surface area contributed by atoms with Crippen LogP contribution in [0.25, 0.3) is 0 Å². The van der Waals surface area contributed by atoms with Gasteiger partial charge in [-0.2, -0.15) is 0 Å². The van der Waals surface area contributed by atoms with Gasteiger partial charge in [0.15, 0.2) is 0 Å². The fourth-order valence-corrected chi connectivity index (χ4v) is 2.48. The van der Waals surface area contributed by atoms with E-state index >= 15 is 0 Å². The molecule has 11 heavy (non-hydrogen) atoms. The summed E-state index contributed by atoms with van der Waals surface area (Å²) in [6.07, 6.45) is 7.48. The molecule has 0 bridgehead atoms. The summed E-state index contributed by atoms with van der Waals surface area (Å²) in [5.74, 6) is 2.14. The molecule has 0 spiro atoms. The minimum Gasteiger partial charge on any atom is -0.386 e.